The second-order valence-corrected chi connectivity index (χ2v) is 4.47. The largest absolute Gasteiger partial charge is 0.316 e. The zero-order chi connectivity index (χ0) is 13.4. The molecule has 0 atom stereocenters. The Kier molecular flexibility index (Phi) is 2.56. The minimum Gasteiger partial charge on any atom is -0.316 e. The second kappa shape index (κ2) is 4.24. The van der Waals surface area contributed by atoms with E-state index in [1.54, 1.807) is 12.1 Å². The van der Waals surface area contributed by atoms with Crippen LogP contribution in [0.3, 0.4) is 0 Å². The summed E-state index contributed by atoms with van der Waals surface area (Å²) < 4.78 is 2.09. The SMILES string of the molecule is Cc1cc(-c2ccc([N+](=O)[O-])cc2)n2ccccc12. The van der Waals surface area contributed by atoms with Gasteiger partial charge in [-0.15, -0.1) is 0 Å². The quantitative estimate of drug-likeness (QED) is 0.514. The molecule has 1 aromatic carbocycles. The molecule has 4 heteroatoms. The molecule has 0 saturated heterocycles. The summed E-state index contributed by atoms with van der Waals surface area (Å²) in [7, 11) is 0. The Labute approximate surface area is 110 Å². The van der Waals surface area contributed by atoms with Gasteiger partial charge in [-0.2, -0.15) is 0 Å². The molecule has 19 heavy (non-hydrogen) atoms. The maximum absolute atomic E-state index is 10.7. The fourth-order valence-corrected chi connectivity index (χ4v) is 2.30. The summed E-state index contributed by atoms with van der Waals surface area (Å²) in [6, 6.07) is 14.8. The molecular formula is C15H12N2O2. The average Bonchev–Trinajstić information content (AvgIpc) is 2.77. The van der Waals surface area contributed by atoms with Crippen LogP contribution in [-0.4, -0.2) is 9.32 Å². The van der Waals surface area contributed by atoms with Crippen molar-refractivity contribution < 1.29 is 4.92 Å². The maximum atomic E-state index is 10.7. The molecule has 3 aromatic rings. The zero-order valence-electron chi connectivity index (χ0n) is 10.4. The van der Waals surface area contributed by atoms with Gasteiger partial charge in [-0.05, 0) is 48.4 Å². The number of aromatic nitrogens is 1. The van der Waals surface area contributed by atoms with E-state index in [4.69, 9.17) is 0 Å². The molecule has 3 rings (SSSR count). The van der Waals surface area contributed by atoms with Gasteiger partial charge in [0, 0.05) is 23.8 Å². The number of hydrogen-bond acceptors (Lipinski definition) is 2. The van der Waals surface area contributed by atoms with Crippen molar-refractivity contribution in [2.45, 2.75) is 6.92 Å². The predicted octanol–water partition coefficient (Wildman–Crippen LogP) is 3.82. The number of aryl methyl sites for hydroxylation is 1. The fraction of sp³-hybridized carbons (Fsp3) is 0.0667. The molecular weight excluding hydrogens is 240 g/mol. The lowest BCUT2D eigenvalue weighted by Gasteiger charge is -2.02. The smallest absolute Gasteiger partial charge is 0.269 e. The first-order valence-electron chi connectivity index (χ1n) is 5.98. The molecule has 0 aliphatic carbocycles. The molecule has 0 saturated carbocycles. The molecule has 2 aromatic heterocycles. The third-order valence-electron chi connectivity index (χ3n) is 3.25. The fourth-order valence-electron chi connectivity index (χ4n) is 2.30. The van der Waals surface area contributed by atoms with Gasteiger partial charge in [-0.1, -0.05) is 6.07 Å². The van der Waals surface area contributed by atoms with E-state index < -0.39 is 0 Å². The van der Waals surface area contributed by atoms with Gasteiger partial charge >= 0.3 is 0 Å². The lowest BCUT2D eigenvalue weighted by molar-refractivity contribution is -0.384. The summed E-state index contributed by atoms with van der Waals surface area (Å²) in [5.41, 5.74) is 4.47. The number of hydrogen-bond donors (Lipinski definition) is 0. The number of pyridine rings is 1. The summed E-state index contributed by atoms with van der Waals surface area (Å²) in [6.45, 7) is 2.06. The zero-order valence-corrected chi connectivity index (χ0v) is 10.4. The average molecular weight is 252 g/mol. The molecule has 0 fully saturated rings. The monoisotopic (exact) mass is 252 g/mol. The van der Waals surface area contributed by atoms with Crippen LogP contribution < -0.4 is 0 Å². The number of fused-ring (bicyclic) bond motifs is 1. The number of nitro benzene ring substituents is 1. The summed E-state index contributed by atoms with van der Waals surface area (Å²) in [4.78, 5) is 10.3. The topological polar surface area (TPSA) is 47.5 Å². The van der Waals surface area contributed by atoms with Crippen LogP contribution in [-0.2, 0) is 0 Å². The maximum Gasteiger partial charge on any atom is 0.269 e. The molecule has 2 heterocycles. The standard InChI is InChI=1S/C15H12N2O2/c1-11-10-15(16-9-3-2-4-14(11)16)12-5-7-13(8-6-12)17(18)19/h2-10H,1H3. The van der Waals surface area contributed by atoms with Gasteiger partial charge in [0.1, 0.15) is 0 Å². The summed E-state index contributed by atoms with van der Waals surface area (Å²) in [6.07, 6.45) is 2.00. The van der Waals surface area contributed by atoms with Crippen molar-refractivity contribution in [3.05, 3.63) is 70.4 Å². The number of nitrogens with zero attached hydrogens (tertiary/aromatic N) is 2. The van der Waals surface area contributed by atoms with Crippen LogP contribution in [0.4, 0.5) is 5.69 Å². The van der Waals surface area contributed by atoms with E-state index in [1.807, 2.05) is 18.3 Å². The highest BCUT2D eigenvalue weighted by Gasteiger charge is 2.09. The minimum atomic E-state index is -0.384. The molecule has 94 valence electrons. The molecule has 4 nitrogen and oxygen atoms in total. The molecule has 0 aliphatic rings. The van der Waals surface area contributed by atoms with Gasteiger partial charge < -0.3 is 4.40 Å². The van der Waals surface area contributed by atoms with Gasteiger partial charge in [-0.3, -0.25) is 10.1 Å². The summed E-state index contributed by atoms with van der Waals surface area (Å²) in [5.74, 6) is 0. The van der Waals surface area contributed by atoms with E-state index in [1.165, 1.54) is 17.7 Å². The molecule has 0 aliphatic heterocycles. The van der Waals surface area contributed by atoms with Crippen molar-refractivity contribution in [1.29, 1.82) is 0 Å². The van der Waals surface area contributed by atoms with Crippen molar-refractivity contribution in [3.8, 4) is 11.3 Å². The van der Waals surface area contributed by atoms with E-state index >= 15 is 0 Å². The van der Waals surface area contributed by atoms with E-state index in [2.05, 4.69) is 23.5 Å². The Hall–Kier alpha value is -2.62. The van der Waals surface area contributed by atoms with Crippen LogP contribution in [0.2, 0.25) is 0 Å². The Balaban J connectivity index is 2.16. The van der Waals surface area contributed by atoms with E-state index in [0.29, 0.717) is 0 Å². The molecule has 0 radical (unpaired) electrons. The number of benzene rings is 1. The van der Waals surface area contributed by atoms with Crippen molar-refractivity contribution in [2.75, 3.05) is 0 Å². The highest BCUT2D eigenvalue weighted by Crippen LogP contribution is 2.27. The summed E-state index contributed by atoms with van der Waals surface area (Å²) >= 11 is 0. The molecule has 0 bridgehead atoms. The van der Waals surface area contributed by atoms with Crippen LogP contribution in [0, 0.1) is 17.0 Å². The minimum absolute atomic E-state index is 0.112. The van der Waals surface area contributed by atoms with Crippen LogP contribution in [0.5, 0.6) is 0 Å². The van der Waals surface area contributed by atoms with Crippen molar-refractivity contribution in [3.63, 3.8) is 0 Å². The first-order valence-corrected chi connectivity index (χ1v) is 5.98. The number of rotatable bonds is 2. The van der Waals surface area contributed by atoms with Crippen LogP contribution in [0.25, 0.3) is 16.8 Å². The van der Waals surface area contributed by atoms with Gasteiger partial charge in [0.15, 0.2) is 0 Å². The Bertz CT molecular complexity index is 757. The molecule has 0 unspecified atom stereocenters. The van der Waals surface area contributed by atoms with Crippen molar-refractivity contribution in [1.82, 2.24) is 4.40 Å². The molecule has 0 N–H and O–H groups in total. The molecule has 0 spiro atoms. The van der Waals surface area contributed by atoms with Gasteiger partial charge in [0.25, 0.3) is 5.69 Å². The third kappa shape index (κ3) is 1.87. The van der Waals surface area contributed by atoms with E-state index in [-0.39, 0.29) is 10.6 Å². The molecule has 0 amide bonds. The second-order valence-electron chi connectivity index (χ2n) is 4.47. The van der Waals surface area contributed by atoms with Crippen LogP contribution >= 0.6 is 0 Å². The number of nitro groups is 1. The van der Waals surface area contributed by atoms with Gasteiger partial charge in [0.05, 0.1) is 10.6 Å². The summed E-state index contributed by atoms with van der Waals surface area (Å²) in [5, 5.41) is 10.7. The van der Waals surface area contributed by atoms with Crippen LogP contribution in [0.15, 0.2) is 54.7 Å². The lowest BCUT2D eigenvalue weighted by atomic mass is 10.1. The third-order valence-corrected chi connectivity index (χ3v) is 3.25. The van der Waals surface area contributed by atoms with Crippen molar-refractivity contribution >= 4 is 11.2 Å². The first kappa shape index (κ1) is 11.5. The Morgan fingerprint density at radius 2 is 1.84 bits per heavy atom. The first-order chi connectivity index (χ1) is 9.16. The lowest BCUT2D eigenvalue weighted by Crippen LogP contribution is -1.89. The normalized spacial score (nSPS) is 10.8. The van der Waals surface area contributed by atoms with E-state index in [0.717, 1.165) is 16.8 Å². The number of non-ortho nitro benzene ring substituents is 1. The van der Waals surface area contributed by atoms with Crippen LogP contribution in [0.1, 0.15) is 5.56 Å². The Morgan fingerprint density at radius 3 is 2.53 bits per heavy atom. The van der Waals surface area contributed by atoms with Crippen molar-refractivity contribution in [2.24, 2.45) is 0 Å². The van der Waals surface area contributed by atoms with E-state index in [9.17, 15) is 10.1 Å². The predicted molar refractivity (Wildman–Crippen MR) is 74.2 cm³/mol. The highest BCUT2D eigenvalue weighted by atomic mass is 16.6. The Morgan fingerprint density at radius 1 is 1.11 bits per heavy atom. The van der Waals surface area contributed by atoms with Gasteiger partial charge in [0.2, 0.25) is 0 Å². The highest BCUT2D eigenvalue weighted by molar-refractivity contribution is 5.71. The van der Waals surface area contributed by atoms with Gasteiger partial charge in [-0.25, -0.2) is 0 Å².